The van der Waals surface area contributed by atoms with E-state index < -0.39 is 12.0 Å². The highest BCUT2D eigenvalue weighted by Crippen LogP contribution is 2.11. The maximum absolute atomic E-state index is 12.1. The van der Waals surface area contributed by atoms with Gasteiger partial charge in [-0.3, -0.25) is 4.79 Å². The molecule has 0 aliphatic heterocycles. The number of amides is 1. The summed E-state index contributed by atoms with van der Waals surface area (Å²) in [5.74, 6) is -0.685. The van der Waals surface area contributed by atoms with E-state index in [1.165, 1.54) is 31.4 Å². The number of phenolic OH excluding ortho intramolecular Hbond substituents is 1. The van der Waals surface area contributed by atoms with Crippen molar-refractivity contribution in [2.24, 2.45) is 0 Å². The van der Waals surface area contributed by atoms with Crippen LogP contribution in [0, 0.1) is 0 Å². The third-order valence-corrected chi connectivity index (χ3v) is 3.27. The number of hydrogen-bond acceptors (Lipinski definition) is 4. The maximum Gasteiger partial charge on any atom is 0.328 e. The quantitative estimate of drug-likeness (QED) is 0.570. The molecule has 0 aliphatic rings. The van der Waals surface area contributed by atoms with Crippen LogP contribution in [0.1, 0.15) is 49.4 Å². The Kier molecular flexibility index (Phi) is 7.29. The molecule has 0 fully saturated rings. The number of aromatic hydroxyl groups is 1. The highest BCUT2D eigenvalue weighted by molar-refractivity contribution is 5.96. The summed E-state index contributed by atoms with van der Waals surface area (Å²) in [6, 6.07) is 5.26. The number of carbonyl (C=O) groups excluding carboxylic acids is 2. The van der Waals surface area contributed by atoms with Crippen molar-refractivity contribution in [3.05, 3.63) is 29.8 Å². The second-order valence-corrected chi connectivity index (χ2v) is 4.95. The van der Waals surface area contributed by atoms with Crippen LogP contribution in [0.4, 0.5) is 0 Å². The lowest BCUT2D eigenvalue weighted by Gasteiger charge is -2.16. The standard InChI is InChI=1S/C16H23NO4/c1-3-4-5-6-7-14(16(20)21-2)17-15(19)12-8-10-13(18)11-9-12/h8-11,14,18H,3-7H2,1-2H3,(H,17,19)/t14-/m1/s1. The van der Waals surface area contributed by atoms with Crippen LogP contribution in [-0.2, 0) is 9.53 Å². The monoisotopic (exact) mass is 293 g/mol. The van der Waals surface area contributed by atoms with Crippen molar-refractivity contribution in [2.75, 3.05) is 7.11 Å². The minimum atomic E-state index is -0.631. The van der Waals surface area contributed by atoms with Gasteiger partial charge in [-0.25, -0.2) is 4.79 Å². The van der Waals surface area contributed by atoms with Gasteiger partial charge in [0.15, 0.2) is 0 Å². The van der Waals surface area contributed by atoms with Crippen molar-refractivity contribution in [3.8, 4) is 5.75 Å². The molecule has 0 radical (unpaired) electrons. The zero-order chi connectivity index (χ0) is 15.7. The molecule has 0 bridgehead atoms. The van der Waals surface area contributed by atoms with Crippen molar-refractivity contribution in [1.29, 1.82) is 0 Å². The molecule has 116 valence electrons. The Bertz CT molecular complexity index is 456. The molecule has 1 aromatic rings. The zero-order valence-electron chi connectivity index (χ0n) is 12.6. The zero-order valence-corrected chi connectivity index (χ0v) is 12.6. The molecule has 1 amide bonds. The molecule has 5 nitrogen and oxygen atoms in total. The largest absolute Gasteiger partial charge is 0.508 e. The summed E-state index contributed by atoms with van der Waals surface area (Å²) < 4.78 is 4.73. The molecule has 0 aliphatic carbocycles. The van der Waals surface area contributed by atoms with Gasteiger partial charge in [-0.05, 0) is 30.7 Å². The molecule has 0 saturated heterocycles. The first-order valence-corrected chi connectivity index (χ1v) is 7.26. The Labute approximate surface area is 125 Å². The molecule has 1 rings (SSSR count). The van der Waals surface area contributed by atoms with Gasteiger partial charge in [0.05, 0.1) is 7.11 Å². The van der Waals surface area contributed by atoms with E-state index in [9.17, 15) is 14.7 Å². The van der Waals surface area contributed by atoms with Crippen molar-refractivity contribution in [3.63, 3.8) is 0 Å². The average molecular weight is 293 g/mol. The van der Waals surface area contributed by atoms with Crippen LogP contribution in [0.25, 0.3) is 0 Å². The van der Waals surface area contributed by atoms with E-state index in [1.807, 2.05) is 0 Å². The van der Waals surface area contributed by atoms with Crippen LogP contribution in [0.5, 0.6) is 5.75 Å². The van der Waals surface area contributed by atoms with E-state index in [1.54, 1.807) is 0 Å². The number of carbonyl (C=O) groups is 2. The number of phenols is 1. The fourth-order valence-corrected chi connectivity index (χ4v) is 2.02. The molecule has 0 spiro atoms. The van der Waals surface area contributed by atoms with Gasteiger partial charge in [-0.15, -0.1) is 0 Å². The highest BCUT2D eigenvalue weighted by atomic mass is 16.5. The fourth-order valence-electron chi connectivity index (χ4n) is 2.02. The lowest BCUT2D eigenvalue weighted by atomic mass is 10.1. The van der Waals surface area contributed by atoms with Crippen LogP contribution in [0.2, 0.25) is 0 Å². The van der Waals surface area contributed by atoms with Crippen LogP contribution < -0.4 is 5.32 Å². The fraction of sp³-hybridized carbons (Fsp3) is 0.500. The van der Waals surface area contributed by atoms with Crippen LogP contribution >= 0.6 is 0 Å². The van der Waals surface area contributed by atoms with Gasteiger partial charge in [-0.1, -0.05) is 32.6 Å². The third-order valence-electron chi connectivity index (χ3n) is 3.27. The van der Waals surface area contributed by atoms with Gasteiger partial charge in [-0.2, -0.15) is 0 Å². The summed E-state index contributed by atoms with van der Waals surface area (Å²) in [4.78, 5) is 23.8. The van der Waals surface area contributed by atoms with Crippen molar-refractivity contribution in [1.82, 2.24) is 5.32 Å². The molecule has 21 heavy (non-hydrogen) atoms. The Hall–Kier alpha value is -2.04. The van der Waals surface area contributed by atoms with E-state index in [-0.39, 0.29) is 11.7 Å². The van der Waals surface area contributed by atoms with E-state index in [2.05, 4.69) is 12.2 Å². The molecule has 0 saturated carbocycles. The average Bonchev–Trinajstić information content (AvgIpc) is 2.50. The summed E-state index contributed by atoms with van der Waals surface area (Å²) in [7, 11) is 1.31. The Morgan fingerprint density at radius 2 is 1.86 bits per heavy atom. The van der Waals surface area contributed by atoms with E-state index in [4.69, 9.17) is 4.74 Å². The molecular weight excluding hydrogens is 270 g/mol. The number of unbranched alkanes of at least 4 members (excludes halogenated alkanes) is 3. The SMILES string of the molecule is CCCCCC[C@@H](NC(=O)c1ccc(O)cc1)C(=O)OC. The maximum atomic E-state index is 12.1. The van der Waals surface area contributed by atoms with Gasteiger partial charge in [0, 0.05) is 5.56 Å². The predicted molar refractivity (Wildman–Crippen MR) is 80.1 cm³/mol. The van der Waals surface area contributed by atoms with Crippen molar-refractivity contribution in [2.45, 2.75) is 45.1 Å². The first kappa shape index (κ1) is 17.0. The number of ether oxygens (including phenoxy) is 1. The first-order chi connectivity index (χ1) is 10.1. The minimum absolute atomic E-state index is 0.0932. The lowest BCUT2D eigenvalue weighted by Crippen LogP contribution is -2.41. The summed E-state index contributed by atoms with van der Waals surface area (Å²) >= 11 is 0. The molecule has 1 aromatic carbocycles. The van der Waals surface area contributed by atoms with Gasteiger partial charge in [0.2, 0.25) is 0 Å². The summed E-state index contributed by atoms with van der Waals surface area (Å²) in [5.41, 5.74) is 0.398. The molecule has 0 unspecified atom stereocenters. The lowest BCUT2D eigenvalue weighted by molar-refractivity contribution is -0.143. The summed E-state index contributed by atoms with van der Waals surface area (Å²) in [6.45, 7) is 2.12. The minimum Gasteiger partial charge on any atom is -0.508 e. The smallest absolute Gasteiger partial charge is 0.328 e. The number of benzene rings is 1. The Balaban J connectivity index is 2.60. The molecule has 0 aromatic heterocycles. The first-order valence-electron chi connectivity index (χ1n) is 7.26. The third kappa shape index (κ3) is 5.85. The molecule has 1 atom stereocenters. The predicted octanol–water partition coefficient (Wildman–Crippen LogP) is 2.63. The van der Waals surface area contributed by atoms with Gasteiger partial charge < -0.3 is 15.2 Å². The number of nitrogens with one attached hydrogen (secondary N) is 1. The number of rotatable bonds is 8. The van der Waals surface area contributed by atoms with Gasteiger partial charge >= 0.3 is 5.97 Å². The van der Waals surface area contributed by atoms with E-state index in [0.717, 1.165) is 25.7 Å². The molecular formula is C16H23NO4. The second-order valence-electron chi connectivity index (χ2n) is 4.95. The summed E-state index contributed by atoms with van der Waals surface area (Å²) in [6.07, 6.45) is 4.68. The number of hydrogen-bond donors (Lipinski definition) is 2. The van der Waals surface area contributed by atoms with Crippen LogP contribution in [-0.4, -0.2) is 30.1 Å². The number of methoxy groups -OCH3 is 1. The molecule has 0 heterocycles. The topological polar surface area (TPSA) is 75.6 Å². The van der Waals surface area contributed by atoms with Crippen LogP contribution in [0.15, 0.2) is 24.3 Å². The van der Waals surface area contributed by atoms with Gasteiger partial charge in [0.1, 0.15) is 11.8 Å². The molecule has 2 N–H and O–H groups in total. The van der Waals surface area contributed by atoms with Gasteiger partial charge in [0.25, 0.3) is 5.91 Å². The summed E-state index contributed by atoms with van der Waals surface area (Å²) in [5, 5.41) is 11.9. The normalized spacial score (nSPS) is 11.7. The highest BCUT2D eigenvalue weighted by Gasteiger charge is 2.21. The van der Waals surface area contributed by atoms with Crippen molar-refractivity contribution >= 4 is 11.9 Å². The van der Waals surface area contributed by atoms with E-state index >= 15 is 0 Å². The Morgan fingerprint density at radius 3 is 2.43 bits per heavy atom. The molecule has 5 heteroatoms. The van der Waals surface area contributed by atoms with Crippen LogP contribution in [0.3, 0.4) is 0 Å². The second kappa shape index (κ2) is 9.00. The number of esters is 1. The van der Waals surface area contributed by atoms with Crippen molar-refractivity contribution < 1.29 is 19.4 Å². The van der Waals surface area contributed by atoms with E-state index in [0.29, 0.717) is 12.0 Å². The Morgan fingerprint density at radius 1 is 1.19 bits per heavy atom.